The summed E-state index contributed by atoms with van der Waals surface area (Å²) in [5.41, 5.74) is 0.208. The molecule has 0 bridgehead atoms. The number of hydrogen-bond acceptors (Lipinski definition) is 6. The quantitative estimate of drug-likeness (QED) is 0.744. The van der Waals surface area contributed by atoms with Crippen LogP contribution in [-0.2, 0) is 20.9 Å². The second kappa shape index (κ2) is 8.07. The lowest BCUT2D eigenvalue weighted by atomic mass is 10.0. The van der Waals surface area contributed by atoms with Crippen molar-refractivity contribution < 1.29 is 14.3 Å². The van der Waals surface area contributed by atoms with Gasteiger partial charge >= 0.3 is 5.97 Å². The highest BCUT2D eigenvalue weighted by atomic mass is 16.5. The second-order valence-corrected chi connectivity index (χ2v) is 6.48. The van der Waals surface area contributed by atoms with Crippen molar-refractivity contribution in [2.24, 2.45) is 0 Å². The lowest BCUT2D eigenvalue weighted by molar-refractivity contribution is -0.153. The second-order valence-electron chi connectivity index (χ2n) is 6.48. The van der Waals surface area contributed by atoms with Crippen molar-refractivity contribution in [2.75, 3.05) is 13.2 Å². The van der Waals surface area contributed by atoms with Gasteiger partial charge in [-0.1, -0.05) is 17.3 Å². The first-order chi connectivity index (χ1) is 12.6. The zero-order chi connectivity index (χ0) is 18.5. The summed E-state index contributed by atoms with van der Waals surface area (Å²) >= 11 is 0. The molecule has 1 aromatic heterocycles. The number of aryl methyl sites for hydroxylation is 1. The SMILES string of the molecule is CC1CCCCN1C(=O)COC(=O)CCn1nnc2ccccc2c1=O. The van der Waals surface area contributed by atoms with E-state index >= 15 is 0 Å². The zero-order valence-electron chi connectivity index (χ0n) is 14.8. The molecular formula is C18H22N4O4. The topological polar surface area (TPSA) is 94.4 Å². The summed E-state index contributed by atoms with van der Waals surface area (Å²) in [6.07, 6.45) is 3.03. The first-order valence-corrected chi connectivity index (χ1v) is 8.84. The summed E-state index contributed by atoms with van der Waals surface area (Å²) in [5, 5.41) is 8.24. The molecular weight excluding hydrogens is 336 g/mol. The molecule has 8 heteroatoms. The van der Waals surface area contributed by atoms with Gasteiger partial charge in [-0.05, 0) is 38.3 Å². The Balaban J connectivity index is 1.52. The number of fused-ring (bicyclic) bond motifs is 1. The van der Waals surface area contributed by atoms with Gasteiger partial charge in [-0.3, -0.25) is 14.4 Å². The number of amides is 1. The van der Waals surface area contributed by atoms with Gasteiger partial charge in [0, 0.05) is 12.6 Å². The van der Waals surface area contributed by atoms with Crippen molar-refractivity contribution in [2.45, 2.75) is 45.2 Å². The molecule has 8 nitrogen and oxygen atoms in total. The van der Waals surface area contributed by atoms with Crippen LogP contribution in [0.1, 0.15) is 32.6 Å². The van der Waals surface area contributed by atoms with Crippen LogP contribution >= 0.6 is 0 Å². The fraction of sp³-hybridized carbons (Fsp3) is 0.500. The first kappa shape index (κ1) is 18.0. The van der Waals surface area contributed by atoms with E-state index in [1.165, 1.54) is 0 Å². The van der Waals surface area contributed by atoms with Crippen molar-refractivity contribution in [1.82, 2.24) is 19.9 Å². The van der Waals surface area contributed by atoms with Gasteiger partial charge < -0.3 is 9.64 Å². The molecule has 0 aliphatic carbocycles. The van der Waals surface area contributed by atoms with Crippen molar-refractivity contribution in [1.29, 1.82) is 0 Å². The van der Waals surface area contributed by atoms with E-state index in [-0.39, 0.29) is 37.1 Å². The van der Waals surface area contributed by atoms with Gasteiger partial charge in [0.05, 0.1) is 18.4 Å². The first-order valence-electron chi connectivity index (χ1n) is 8.84. The van der Waals surface area contributed by atoms with Crippen LogP contribution < -0.4 is 5.56 Å². The number of rotatable bonds is 5. The molecule has 3 rings (SSSR count). The molecule has 0 radical (unpaired) electrons. The standard InChI is InChI=1S/C18H22N4O4/c1-13-6-4-5-10-21(13)16(23)12-26-17(24)9-11-22-18(25)14-7-2-3-8-15(14)19-20-22/h2-3,7-8,13H,4-6,9-12H2,1H3. The highest BCUT2D eigenvalue weighted by Crippen LogP contribution is 2.16. The minimum Gasteiger partial charge on any atom is -0.456 e. The Morgan fingerprint density at radius 1 is 1.27 bits per heavy atom. The number of nitrogens with zero attached hydrogens (tertiary/aromatic N) is 4. The van der Waals surface area contributed by atoms with Gasteiger partial charge in [-0.25, -0.2) is 4.68 Å². The molecule has 2 aromatic rings. The molecule has 1 fully saturated rings. The molecule has 1 aliphatic heterocycles. The minimum atomic E-state index is -0.537. The number of ether oxygens (including phenoxy) is 1. The van der Waals surface area contributed by atoms with E-state index in [1.807, 2.05) is 6.92 Å². The number of esters is 1. The van der Waals surface area contributed by atoms with E-state index < -0.39 is 5.97 Å². The molecule has 1 unspecified atom stereocenters. The maximum Gasteiger partial charge on any atom is 0.308 e. The van der Waals surface area contributed by atoms with Crippen molar-refractivity contribution in [3.63, 3.8) is 0 Å². The fourth-order valence-electron chi connectivity index (χ4n) is 3.13. The van der Waals surface area contributed by atoms with E-state index in [1.54, 1.807) is 29.2 Å². The lowest BCUT2D eigenvalue weighted by Crippen LogP contribution is -2.44. The average molecular weight is 358 g/mol. The number of benzene rings is 1. The number of likely N-dealkylation sites (tertiary alicyclic amines) is 1. The molecule has 1 amide bonds. The summed E-state index contributed by atoms with van der Waals surface area (Å²) < 4.78 is 6.20. The summed E-state index contributed by atoms with van der Waals surface area (Å²) in [6.45, 7) is 2.51. The van der Waals surface area contributed by atoms with Crippen molar-refractivity contribution >= 4 is 22.8 Å². The highest BCUT2D eigenvalue weighted by molar-refractivity contribution is 5.81. The molecule has 138 valence electrons. The molecule has 0 saturated carbocycles. The van der Waals surface area contributed by atoms with Crippen LogP contribution in [0.2, 0.25) is 0 Å². The third kappa shape index (κ3) is 4.07. The van der Waals surface area contributed by atoms with Gasteiger partial charge in [-0.15, -0.1) is 5.10 Å². The van der Waals surface area contributed by atoms with Crippen LogP contribution in [-0.4, -0.2) is 51.0 Å². The Morgan fingerprint density at radius 3 is 2.88 bits per heavy atom. The smallest absolute Gasteiger partial charge is 0.308 e. The maximum atomic E-state index is 12.3. The van der Waals surface area contributed by atoms with Crippen LogP contribution in [0, 0.1) is 0 Å². The fourth-order valence-corrected chi connectivity index (χ4v) is 3.13. The van der Waals surface area contributed by atoms with Crippen LogP contribution in [0.15, 0.2) is 29.1 Å². The monoisotopic (exact) mass is 358 g/mol. The molecule has 0 spiro atoms. The number of hydrogen-bond donors (Lipinski definition) is 0. The number of carbonyl (C=O) groups is 2. The minimum absolute atomic E-state index is 0.0459. The van der Waals surface area contributed by atoms with Crippen LogP contribution in [0.5, 0.6) is 0 Å². The predicted molar refractivity (Wildman–Crippen MR) is 94.4 cm³/mol. The van der Waals surface area contributed by atoms with Gasteiger partial charge in [0.2, 0.25) is 0 Å². The van der Waals surface area contributed by atoms with E-state index in [2.05, 4.69) is 10.3 Å². The molecule has 26 heavy (non-hydrogen) atoms. The largest absolute Gasteiger partial charge is 0.456 e. The summed E-state index contributed by atoms with van der Waals surface area (Å²) in [4.78, 5) is 38.1. The number of aromatic nitrogens is 3. The van der Waals surface area contributed by atoms with E-state index in [9.17, 15) is 14.4 Å². The average Bonchev–Trinajstić information content (AvgIpc) is 2.66. The lowest BCUT2D eigenvalue weighted by Gasteiger charge is -2.33. The number of piperidine rings is 1. The molecule has 2 heterocycles. The summed E-state index contributed by atoms with van der Waals surface area (Å²) in [6, 6.07) is 7.08. The highest BCUT2D eigenvalue weighted by Gasteiger charge is 2.23. The normalized spacial score (nSPS) is 17.3. The molecule has 1 saturated heterocycles. The van der Waals surface area contributed by atoms with Crippen LogP contribution in [0.3, 0.4) is 0 Å². The predicted octanol–water partition coefficient (Wildman–Crippen LogP) is 1.13. The van der Waals surface area contributed by atoms with Gasteiger partial charge in [0.25, 0.3) is 11.5 Å². The van der Waals surface area contributed by atoms with Crippen LogP contribution in [0.25, 0.3) is 10.9 Å². The molecule has 1 aromatic carbocycles. The maximum absolute atomic E-state index is 12.3. The molecule has 1 aliphatic rings. The third-order valence-electron chi connectivity index (χ3n) is 4.64. The Kier molecular flexibility index (Phi) is 5.60. The third-order valence-corrected chi connectivity index (χ3v) is 4.64. The van der Waals surface area contributed by atoms with Crippen molar-refractivity contribution in [3.8, 4) is 0 Å². The molecule has 1 atom stereocenters. The van der Waals surface area contributed by atoms with Crippen LogP contribution in [0.4, 0.5) is 0 Å². The Bertz CT molecular complexity index is 864. The van der Waals surface area contributed by atoms with Gasteiger partial charge in [0.1, 0.15) is 5.52 Å². The Morgan fingerprint density at radius 2 is 2.08 bits per heavy atom. The summed E-state index contributed by atoms with van der Waals surface area (Å²) in [5.74, 6) is -0.710. The van der Waals surface area contributed by atoms with E-state index in [0.29, 0.717) is 17.4 Å². The van der Waals surface area contributed by atoms with Gasteiger partial charge in [-0.2, -0.15) is 0 Å². The van der Waals surface area contributed by atoms with Gasteiger partial charge in [0.15, 0.2) is 6.61 Å². The van der Waals surface area contributed by atoms with E-state index in [4.69, 9.17) is 4.74 Å². The van der Waals surface area contributed by atoms with E-state index in [0.717, 1.165) is 23.9 Å². The Hall–Kier alpha value is -2.77. The Labute approximate surface area is 150 Å². The summed E-state index contributed by atoms with van der Waals surface area (Å²) in [7, 11) is 0. The number of carbonyl (C=O) groups excluding carboxylic acids is 2. The zero-order valence-corrected chi connectivity index (χ0v) is 14.8. The molecule has 0 N–H and O–H groups in total. The van der Waals surface area contributed by atoms with Crippen molar-refractivity contribution in [3.05, 3.63) is 34.6 Å².